The number of hydrogen-bond donors (Lipinski definition) is 2. The molecule has 0 saturated heterocycles. The molecule has 0 aliphatic heterocycles. The van der Waals surface area contributed by atoms with E-state index in [1.807, 2.05) is 38.1 Å². The molecule has 0 atom stereocenters. The molecule has 176 valence electrons. The molecule has 3 aromatic rings. The van der Waals surface area contributed by atoms with E-state index in [0.29, 0.717) is 42.8 Å². The second-order valence-electron chi connectivity index (χ2n) is 7.72. The first-order valence-corrected chi connectivity index (χ1v) is 12.6. The number of nitrogens with one attached hydrogen (secondary N) is 1. The minimum atomic E-state index is -3.67. The average molecular weight is 489 g/mol. The summed E-state index contributed by atoms with van der Waals surface area (Å²) in [7, 11) is -3.67. The fraction of sp³-hybridized carbons (Fsp3) is 0.280. The van der Waals surface area contributed by atoms with Gasteiger partial charge in [0.1, 0.15) is 6.61 Å². The number of benzene rings is 3. The van der Waals surface area contributed by atoms with Crippen molar-refractivity contribution in [3.8, 4) is 11.5 Å². The summed E-state index contributed by atoms with van der Waals surface area (Å²) < 4.78 is 34.5. The fourth-order valence-corrected chi connectivity index (χ4v) is 4.09. The molecule has 0 fully saturated rings. The van der Waals surface area contributed by atoms with Crippen molar-refractivity contribution in [2.75, 3.05) is 13.2 Å². The summed E-state index contributed by atoms with van der Waals surface area (Å²) in [5, 5.41) is 9.10. The molecule has 3 rings (SSSR count). The summed E-state index contributed by atoms with van der Waals surface area (Å²) in [4.78, 5) is 0.110. The van der Waals surface area contributed by atoms with Crippen LogP contribution in [0, 0.1) is 6.92 Å². The van der Waals surface area contributed by atoms with Gasteiger partial charge in [0.2, 0.25) is 10.0 Å². The van der Waals surface area contributed by atoms with Crippen LogP contribution in [-0.2, 0) is 29.6 Å². The summed E-state index contributed by atoms with van der Waals surface area (Å²) in [6.07, 6.45) is 0.735. The standard InChI is InChI=1S/C25H29ClN2O4S/c1-3-31-24-14-21(16-28-12-11-19-7-9-22(10-8-19)33(27,29)30)23(26)15-25(24)32-17-20-6-4-5-18(2)13-20/h4-10,13-15,28H,3,11-12,16-17H2,1-2H3,(H2,27,29,30). The summed E-state index contributed by atoms with van der Waals surface area (Å²) in [6, 6.07) is 18.4. The normalized spacial score (nSPS) is 11.4. The number of primary sulfonamides is 1. The SMILES string of the molecule is CCOc1cc(CNCCc2ccc(S(N)(=O)=O)cc2)c(Cl)cc1OCc1cccc(C)c1. The molecular formula is C25H29ClN2O4S. The molecule has 33 heavy (non-hydrogen) atoms. The van der Waals surface area contributed by atoms with Crippen LogP contribution in [0.5, 0.6) is 11.5 Å². The molecule has 0 bridgehead atoms. The van der Waals surface area contributed by atoms with Gasteiger partial charge in [0, 0.05) is 17.6 Å². The first kappa shape index (κ1) is 25.1. The molecule has 0 heterocycles. The Morgan fingerprint density at radius 1 is 0.970 bits per heavy atom. The molecule has 0 aliphatic carbocycles. The van der Waals surface area contributed by atoms with E-state index in [0.717, 1.165) is 23.1 Å². The minimum Gasteiger partial charge on any atom is -0.490 e. The molecular weight excluding hydrogens is 460 g/mol. The highest BCUT2D eigenvalue weighted by Crippen LogP contribution is 2.34. The number of aryl methyl sites for hydroxylation is 1. The van der Waals surface area contributed by atoms with Crippen molar-refractivity contribution in [2.24, 2.45) is 5.14 Å². The van der Waals surface area contributed by atoms with Gasteiger partial charge in [-0.3, -0.25) is 0 Å². The Labute approximate surface area is 200 Å². The molecule has 0 radical (unpaired) electrons. The topological polar surface area (TPSA) is 90.6 Å². The van der Waals surface area contributed by atoms with Crippen molar-refractivity contribution in [1.29, 1.82) is 0 Å². The monoisotopic (exact) mass is 488 g/mol. The fourth-order valence-electron chi connectivity index (χ4n) is 3.36. The molecule has 0 saturated carbocycles. The summed E-state index contributed by atoms with van der Waals surface area (Å²) >= 11 is 6.52. The number of hydrogen-bond acceptors (Lipinski definition) is 5. The summed E-state index contributed by atoms with van der Waals surface area (Å²) in [5.41, 5.74) is 4.18. The van der Waals surface area contributed by atoms with E-state index < -0.39 is 10.0 Å². The van der Waals surface area contributed by atoms with E-state index in [4.69, 9.17) is 26.2 Å². The van der Waals surface area contributed by atoms with Crippen LogP contribution in [-0.4, -0.2) is 21.6 Å². The zero-order valence-corrected chi connectivity index (χ0v) is 20.4. The number of sulfonamides is 1. The van der Waals surface area contributed by atoms with E-state index in [-0.39, 0.29) is 4.90 Å². The average Bonchev–Trinajstić information content (AvgIpc) is 2.77. The number of halogens is 1. The van der Waals surface area contributed by atoms with E-state index in [9.17, 15) is 8.42 Å². The lowest BCUT2D eigenvalue weighted by molar-refractivity contribution is 0.269. The Bertz CT molecular complexity index is 1180. The second-order valence-corrected chi connectivity index (χ2v) is 9.69. The van der Waals surface area contributed by atoms with Gasteiger partial charge in [-0.25, -0.2) is 13.6 Å². The van der Waals surface area contributed by atoms with Crippen molar-refractivity contribution < 1.29 is 17.9 Å². The van der Waals surface area contributed by atoms with Crippen molar-refractivity contribution in [3.63, 3.8) is 0 Å². The molecule has 3 aromatic carbocycles. The lowest BCUT2D eigenvalue weighted by atomic mass is 10.1. The number of rotatable bonds is 11. The van der Waals surface area contributed by atoms with Crippen molar-refractivity contribution in [1.82, 2.24) is 5.32 Å². The Hall–Kier alpha value is -2.58. The van der Waals surface area contributed by atoms with E-state index in [1.54, 1.807) is 18.2 Å². The van der Waals surface area contributed by atoms with E-state index in [1.165, 1.54) is 17.7 Å². The first-order chi connectivity index (χ1) is 15.8. The molecule has 8 heteroatoms. The Morgan fingerprint density at radius 3 is 2.36 bits per heavy atom. The highest BCUT2D eigenvalue weighted by atomic mass is 35.5. The third-order valence-corrected chi connectivity index (χ3v) is 6.33. The van der Waals surface area contributed by atoms with Crippen LogP contribution in [0.1, 0.15) is 29.2 Å². The molecule has 0 aromatic heterocycles. The molecule has 3 N–H and O–H groups in total. The van der Waals surface area contributed by atoms with Gasteiger partial charge in [-0.15, -0.1) is 0 Å². The molecule has 0 aliphatic rings. The third-order valence-electron chi connectivity index (χ3n) is 5.05. The van der Waals surface area contributed by atoms with Gasteiger partial charge in [0.15, 0.2) is 11.5 Å². The smallest absolute Gasteiger partial charge is 0.238 e. The molecule has 0 spiro atoms. The van der Waals surface area contributed by atoms with Crippen molar-refractivity contribution in [2.45, 2.75) is 38.3 Å². The van der Waals surface area contributed by atoms with E-state index >= 15 is 0 Å². The van der Waals surface area contributed by atoms with Crippen LogP contribution in [0.15, 0.2) is 65.6 Å². The Balaban J connectivity index is 1.59. The zero-order valence-electron chi connectivity index (χ0n) is 18.8. The predicted molar refractivity (Wildman–Crippen MR) is 131 cm³/mol. The van der Waals surface area contributed by atoms with Gasteiger partial charge >= 0.3 is 0 Å². The van der Waals surface area contributed by atoms with Crippen LogP contribution in [0.3, 0.4) is 0 Å². The largest absolute Gasteiger partial charge is 0.490 e. The first-order valence-electron chi connectivity index (χ1n) is 10.7. The van der Waals surface area contributed by atoms with Gasteiger partial charge in [0.05, 0.1) is 11.5 Å². The number of nitrogens with two attached hydrogens (primary N) is 1. The third kappa shape index (κ3) is 7.47. The summed E-state index contributed by atoms with van der Waals surface area (Å²) in [5.74, 6) is 1.27. The Morgan fingerprint density at radius 2 is 1.70 bits per heavy atom. The lowest BCUT2D eigenvalue weighted by Gasteiger charge is -2.15. The number of ether oxygens (including phenoxy) is 2. The van der Waals surface area contributed by atoms with Crippen LogP contribution in [0.4, 0.5) is 0 Å². The second kappa shape index (κ2) is 11.5. The lowest BCUT2D eigenvalue weighted by Crippen LogP contribution is -2.17. The Kier molecular flexibility index (Phi) is 8.74. The van der Waals surface area contributed by atoms with Crippen molar-refractivity contribution >= 4 is 21.6 Å². The maximum absolute atomic E-state index is 11.4. The quantitative estimate of drug-likeness (QED) is 0.385. The summed E-state index contributed by atoms with van der Waals surface area (Å²) in [6.45, 7) is 6.18. The molecule has 6 nitrogen and oxygen atoms in total. The highest BCUT2D eigenvalue weighted by molar-refractivity contribution is 7.89. The highest BCUT2D eigenvalue weighted by Gasteiger charge is 2.12. The van der Waals surface area contributed by atoms with Gasteiger partial charge in [-0.1, -0.05) is 53.6 Å². The van der Waals surface area contributed by atoms with Crippen LogP contribution in [0.2, 0.25) is 5.02 Å². The minimum absolute atomic E-state index is 0.110. The molecule has 0 amide bonds. The van der Waals surface area contributed by atoms with Crippen molar-refractivity contribution in [3.05, 3.63) is 87.9 Å². The van der Waals surface area contributed by atoms with Gasteiger partial charge in [-0.05, 0) is 61.7 Å². The maximum atomic E-state index is 11.4. The van der Waals surface area contributed by atoms with Gasteiger partial charge in [-0.2, -0.15) is 0 Å². The zero-order chi connectivity index (χ0) is 23.8. The predicted octanol–water partition coefficient (Wildman–Crippen LogP) is 4.61. The van der Waals surface area contributed by atoms with Crippen LogP contribution in [0.25, 0.3) is 0 Å². The van der Waals surface area contributed by atoms with Gasteiger partial charge < -0.3 is 14.8 Å². The van der Waals surface area contributed by atoms with E-state index in [2.05, 4.69) is 11.4 Å². The van der Waals surface area contributed by atoms with Crippen LogP contribution < -0.4 is 19.9 Å². The maximum Gasteiger partial charge on any atom is 0.238 e. The molecule has 0 unspecified atom stereocenters. The van der Waals surface area contributed by atoms with Gasteiger partial charge in [0.25, 0.3) is 0 Å². The van der Waals surface area contributed by atoms with Crippen LogP contribution >= 0.6 is 11.6 Å².